The van der Waals surface area contributed by atoms with E-state index < -0.39 is 0 Å². The van der Waals surface area contributed by atoms with Crippen molar-refractivity contribution >= 4 is 5.78 Å². The van der Waals surface area contributed by atoms with Gasteiger partial charge in [-0.3, -0.25) is 4.79 Å². The summed E-state index contributed by atoms with van der Waals surface area (Å²) in [6, 6.07) is 4.00. The van der Waals surface area contributed by atoms with E-state index in [1.807, 2.05) is 12.1 Å². The van der Waals surface area contributed by atoms with Gasteiger partial charge in [-0.1, -0.05) is 0 Å². The average molecular weight is 278 g/mol. The van der Waals surface area contributed by atoms with Gasteiger partial charge in [0, 0.05) is 12.8 Å². The quantitative estimate of drug-likeness (QED) is 0.830. The van der Waals surface area contributed by atoms with Crippen LogP contribution >= 0.6 is 0 Å². The zero-order chi connectivity index (χ0) is 14.5. The monoisotopic (exact) mass is 278 g/mol. The minimum atomic E-state index is 0.395. The van der Waals surface area contributed by atoms with Crippen molar-refractivity contribution in [1.82, 2.24) is 0 Å². The average Bonchev–Trinajstić information content (AvgIpc) is 2.48. The molecule has 0 N–H and O–H groups in total. The number of ether oxygens (including phenoxy) is 3. The molecule has 1 aliphatic rings. The number of hydrogen-bond acceptors (Lipinski definition) is 4. The van der Waals surface area contributed by atoms with Gasteiger partial charge >= 0.3 is 0 Å². The van der Waals surface area contributed by atoms with Crippen LogP contribution in [0.5, 0.6) is 17.2 Å². The number of benzene rings is 1. The van der Waals surface area contributed by atoms with Crippen molar-refractivity contribution in [2.45, 2.75) is 32.1 Å². The summed E-state index contributed by atoms with van der Waals surface area (Å²) in [5, 5.41) is 0. The van der Waals surface area contributed by atoms with Crippen molar-refractivity contribution in [3.8, 4) is 17.2 Å². The normalized spacial score (nSPS) is 16.1. The molecule has 0 bridgehead atoms. The Morgan fingerprint density at radius 3 is 2.00 bits per heavy atom. The highest BCUT2D eigenvalue weighted by atomic mass is 16.5. The molecule has 1 saturated carbocycles. The van der Waals surface area contributed by atoms with Crippen LogP contribution in [0.3, 0.4) is 0 Å². The van der Waals surface area contributed by atoms with Crippen LogP contribution in [0.25, 0.3) is 0 Å². The lowest BCUT2D eigenvalue weighted by Crippen LogP contribution is -2.15. The summed E-state index contributed by atoms with van der Waals surface area (Å²) >= 11 is 0. The summed E-state index contributed by atoms with van der Waals surface area (Å²) in [6.07, 6.45) is 4.35. The van der Waals surface area contributed by atoms with Crippen LogP contribution in [0.4, 0.5) is 0 Å². The van der Waals surface area contributed by atoms with Gasteiger partial charge in [0.05, 0.1) is 21.3 Å². The largest absolute Gasteiger partial charge is 0.493 e. The highest BCUT2D eigenvalue weighted by molar-refractivity contribution is 5.79. The first-order chi connectivity index (χ1) is 9.67. The van der Waals surface area contributed by atoms with Crippen LogP contribution in [-0.2, 0) is 11.2 Å². The first-order valence-corrected chi connectivity index (χ1v) is 6.98. The maximum atomic E-state index is 11.3. The van der Waals surface area contributed by atoms with Crippen LogP contribution in [-0.4, -0.2) is 27.1 Å². The summed E-state index contributed by atoms with van der Waals surface area (Å²) in [4.78, 5) is 11.3. The first-order valence-electron chi connectivity index (χ1n) is 6.98. The molecule has 1 fully saturated rings. The van der Waals surface area contributed by atoms with Crippen molar-refractivity contribution in [3.05, 3.63) is 17.7 Å². The predicted molar refractivity (Wildman–Crippen MR) is 76.8 cm³/mol. The minimum absolute atomic E-state index is 0.395. The Labute approximate surface area is 120 Å². The van der Waals surface area contributed by atoms with E-state index in [9.17, 15) is 4.79 Å². The lowest BCUT2D eigenvalue weighted by atomic mass is 9.84. The Morgan fingerprint density at radius 1 is 1.00 bits per heavy atom. The number of ketones is 1. The van der Waals surface area contributed by atoms with Gasteiger partial charge in [0.1, 0.15) is 5.78 Å². The molecule has 0 heterocycles. The fourth-order valence-electron chi connectivity index (χ4n) is 2.79. The van der Waals surface area contributed by atoms with Gasteiger partial charge < -0.3 is 14.2 Å². The molecule has 1 aromatic carbocycles. The predicted octanol–water partition coefficient (Wildman–Crippen LogP) is 3.01. The summed E-state index contributed by atoms with van der Waals surface area (Å²) in [7, 11) is 4.85. The van der Waals surface area contributed by atoms with Crippen LogP contribution in [0.1, 0.15) is 31.2 Å². The summed E-state index contributed by atoms with van der Waals surface area (Å²) in [5.41, 5.74) is 1.17. The van der Waals surface area contributed by atoms with Gasteiger partial charge in [-0.25, -0.2) is 0 Å². The lowest BCUT2D eigenvalue weighted by molar-refractivity contribution is -0.121. The third-order valence-corrected chi connectivity index (χ3v) is 3.91. The molecule has 110 valence electrons. The number of Topliss-reactive ketones (excluding diaryl/α,β-unsaturated/α-hetero) is 1. The number of carbonyl (C=O) groups is 1. The molecule has 4 heteroatoms. The summed E-state index contributed by atoms with van der Waals surface area (Å²) in [6.45, 7) is 0. The second-order valence-electron chi connectivity index (χ2n) is 5.22. The van der Waals surface area contributed by atoms with Gasteiger partial charge in [0.2, 0.25) is 5.75 Å². The van der Waals surface area contributed by atoms with Crippen LogP contribution in [0.2, 0.25) is 0 Å². The zero-order valence-electron chi connectivity index (χ0n) is 12.4. The molecule has 0 atom stereocenters. The van der Waals surface area contributed by atoms with E-state index >= 15 is 0 Å². The Morgan fingerprint density at radius 2 is 1.55 bits per heavy atom. The first kappa shape index (κ1) is 14.7. The number of hydrogen-bond donors (Lipinski definition) is 0. The number of methoxy groups -OCH3 is 3. The van der Waals surface area contributed by atoms with E-state index in [0.717, 1.165) is 32.1 Å². The molecule has 2 rings (SSSR count). The maximum absolute atomic E-state index is 11.3. The van der Waals surface area contributed by atoms with Crippen molar-refractivity contribution in [3.63, 3.8) is 0 Å². The van der Waals surface area contributed by atoms with Crippen molar-refractivity contribution in [2.24, 2.45) is 5.92 Å². The van der Waals surface area contributed by atoms with E-state index in [-0.39, 0.29) is 0 Å². The molecule has 4 nitrogen and oxygen atoms in total. The second-order valence-corrected chi connectivity index (χ2v) is 5.22. The van der Waals surface area contributed by atoms with Gasteiger partial charge in [-0.2, -0.15) is 0 Å². The molecule has 1 aliphatic carbocycles. The van der Waals surface area contributed by atoms with Gasteiger partial charge in [0.25, 0.3) is 0 Å². The van der Waals surface area contributed by atoms with E-state index in [1.54, 1.807) is 21.3 Å². The molecule has 0 amide bonds. The second kappa shape index (κ2) is 6.64. The standard InChI is InChI=1S/C16H22O4/c1-18-14-9-12(10-15(19-2)16(14)20-3)8-11-4-6-13(17)7-5-11/h9-11H,4-8H2,1-3H3. The van der Waals surface area contributed by atoms with Crippen molar-refractivity contribution in [2.75, 3.05) is 21.3 Å². The highest BCUT2D eigenvalue weighted by Gasteiger charge is 2.20. The molecular weight excluding hydrogens is 256 g/mol. The minimum Gasteiger partial charge on any atom is -0.493 e. The molecule has 0 radical (unpaired) electrons. The SMILES string of the molecule is COc1cc(CC2CCC(=O)CC2)cc(OC)c1OC. The van der Waals surface area contributed by atoms with Crippen molar-refractivity contribution < 1.29 is 19.0 Å². The fourth-order valence-corrected chi connectivity index (χ4v) is 2.79. The Bertz CT molecular complexity index is 446. The van der Waals surface area contributed by atoms with Crippen molar-refractivity contribution in [1.29, 1.82) is 0 Å². The van der Waals surface area contributed by atoms with Crippen LogP contribution in [0, 0.1) is 5.92 Å². The maximum Gasteiger partial charge on any atom is 0.203 e. The van der Waals surface area contributed by atoms with Crippen LogP contribution in [0.15, 0.2) is 12.1 Å². The van der Waals surface area contributed by atoms with E-state index in [1.165, 1.54) is 5.56 Å². The number of carbonyl (C=O) groups excluding carboxylic acids is 1. The molecule has 0 saturated heterocycles. The molecule has 0 unspecified atom stereocenters. The van der Waals surface area contributed by atoms with Gasteiger partial charge in [-0.15, -0.1) is 0 Å². The van der Waals surface area contributed by atoms with E-state index in [0.29, 0.717) is 28.9 Å². The molecule has 1 aromatic rings. The number of rotatable bonds is 5. The van der Waals surface area contributed by atoms with E-state index in [4.69, 9.17) is 14.2 Å². The van der Waals surface area contributed by atoms with E-state index in [2.05, 4.69) is 0 Å². The highest BCUT2D eigenvalue weighted by Crippen LogP contribution is 2.39. The smallest absolute Gasteiger partial charge is 0.203 e. The zero-order valence-corrected chi connectivity index (χ0v) is 12.4. The molecule has 0 aliphatic heterocycles. The summed E-state index contributed by atoms with van der Waals surface area (Å²) < 4.78 is 16.1. The Balaban J connectivity index is 2.17. The topological polar surface area (TPSA) is 44.8 Å². The molecular formula is C16H22O4. The van der Waals surface area contributed by atoms with Gasteiger partial charge in [-0.05, 0) is 42.9 Å². The Kier molecular flexibility index (Phi) is 4.88. The fraction of sp³-hybridized carbons (Fsp3) is 0.562. The Hall–Kier alpha value is -1.71. The third-order valence-electron chi connectivity index (χ3n) is 3.91. The molecule has 20 heavy (non-hydrogen) atoms. The lowest BCUT2D eigenvalue weighted by Gasteiger charge is -2.22. The summed E-state index contributed by atoms with van der Waals surface area (Å²) in [5.74, 6) is 2.96. The van der Waals surface area contributed by atoms with Crippen LogP contribution < -0.4 is 14.2 Å². The third kappa shape index (κ3) is 3.24. The van der Waals surface area contributed by atoms with Gasteiger partial charge in [0.15, 0.2) is 11.5 Å². The molecule has 0 spiro atoms. The molecule has 0 aromatic heterocycles.